The lowest BCUT2D eigenvalue weighted by atomic mass is 10.2. The van der Waals surface area contributed by atoms with Crippen molar-refractivity contribution in [1.82, 2.24) is 4.90 Å². The number of carbonyl (C=O) groups excluding carboxylic acids is 1. The molecule has 2 aromatic carbocycles. The van der Waals surface area contributed by atoms with Crippen molar-refractivity contribution in [2.45, 2.75) is 19.8 Å². The van der Waals surface area contributed by atoms with Crippen molar-refractivity contribution in [2.75, 3.05) is 25.0 Å². The molecule has 1 N–H and O–H groups in total. The number of para-hydroxylation sites is 1. The fourth-order valence-corrected chi connectivity index (χ4v) is 3.16. The summed E-state index contributed by atoms with van der Waals surface area (Å²) in [5.41, 5.74) is 2.85. The van der Waals surface area contributed by atoms with Crippen LogP contribution in [0.3, 0.4) is 0 Å². The fraction of sp³-hybridized carbons (Fsp3) is 0.300. The highest BCUT2D eigenvalue weighted by atomic mass is 32.1. The first-order chi connectivity index (χ1) is 12.1. The van der Waals surface area contributed by atoms with E-state index in [4.69, 9.17) is 17.0 Å². The van der Waals surface area contributed by atoms with Crippen molar-refractivity contribution in [2.24, 2.45) is 0 Å². The van der Waals surface area contributed by atoms with E-state index in [1.165, 1.54) is 12.8 Å². The second kappa shape index (κ2) is 8.12. The van der Waals surface area contributed by atoms with Crippen LogP contribution in [0.1, 0.15) is 24.0 Å². The summed E-state index contributed by atoms with van der Waals surface area (Å²) in [6.07, 6.45) is 2.41. The molecule has 3 rings (SSSR count). The van der Waals surface area contributed by atoms with Crippen molar-refractivity contribution >= 4 is 28.8 Å². The Hall–Kier alpha value is -2.40. The molecule has 4 nitrogen and oxygen atoms in total. The van der Waals surface area contributed by atoms with Gasteiger partial charge in [0, 0.05) is 24.3 Å². The molecule has 1 saturated heterocycles. The highest BCUT2D eigenvalue weighted by Crippen LogP contribution is 2.18. The van der Waals surface area contributed by atoms with Gasteiger partial charge < -0.3 is 15.0 Å². The predicted octanol–water partition coefficient (Wildman–Crippen LogP) is 3.78. The molecule has 2 aromatic rings. The molecule has 0 spiro atoms. The van der Waals surface area contributed by atoms with Crippen LogP contribution in [0, 0.1) is 6.92 Å². The molecule has 0 unspecified atom stereocenters. The standard InChI is InChI=1S/C20H22N2O2S/c1-15-6-2-3-7-18(15)21-19(23)14-24-17-10-8-16(9-11-17)20(25)22-12-4-5-13-22/h2-3,6-11H,4-5,12-14H2,1H3,(H,21,23). The van der Waals surface area contributed by atoms with Gasteiger partial charge in [0.1, 0.15) is 10.7 Å². The summed E-state index contributed by atoms with van der Waals surface area (Å²) < 4.78 is 5.57. The summed E-state index contributed by atoms with van der Waals surface area (Å²) in [5, 5.41) is 2.86. The second-order valence-electron chi connectivity index (χ2n) is 6.18. The van der Waals surface area contributed by atoms with E-state index >= 15 is 0 Å². The number of hydrogen-bond acceptors (Lipinski definition) is 3. The normalized spacial score (nSPS) is 13.6. The Labute approximate surface area is 153 Å². The summed E-state index contributed by atoms with van der Waals surface area (Å²) in [5.74, 6) is 0.485. The summed E-state index contributed by atoms with van der Waals surface area (Å²) in [4.78, 5) is 15.2. The summed E-state index contributed by atoms with van der Waals surface area (Å²) >= 11 is 5.54. The summed E-state index contributed by atoms with van der Waals surface area (Å²) in [6, 6.07) is 15.3. The highest BCUT2D eigenvalue weighted by molar-refractivity contribution is 7.80. The van der Waals surface area contributed by atoms with E-state index in [2.05, 4.69) is 10.2 Å². The number of nitrogens with one attached hydrogen (secondary N) is 1. The molecule has 0 aliphatic carbocycles. The van der Waals surface area contributed by atoms with E-state index in [-0.39, 0.29) is 12.5 Å². The highest BCUT2D eigenvalue weighted by Gasteiger charge is 2.16. The van der Waals surface area contributed by atoms with Crippen LogP contribution >= 0.6 is 12.2 Å². The van der Waals surface area contributed by atoms with E-state index in [9.17, 15) is 4.79 Å². The first-order valence-electron chi connectivity index (χ1n) is 8.51. The smallest absolute Gasteiger partial charge is 0.262 e. The van der Waals surface area contributed by atoms with Crippen molar-refractivity contribution in [3.8, 4) is 5.75 Å². The lowest BCUT2D eigenvalue weighted by Crippen LogP contribution is -2.26. The van der Waals surface area contributed by atoms with Crippen molar-refractivity contribution in [3.63, 3.8) is 0 Å². The van der Waals surface area contributed by atoms with E-state index in [1.807, 2.05) is 55.5 Å². The summed E-state index contributed by atoms with van der Waals surface area (Å²) in [6.45, 7) is 4.01. The van der Waals surface area contributed by atoms with Crippen LogP contribution in [-0.4, -0.2) is 35.5 Å². The third kappa shape index (κ3) is 4.57. The van der Waals surface area contributed by atoms with Crippen molar-refractivity contribution in [3.05, 3.63) is 59.7 Å². The Kier molecular flexibility index (Phi) is 5.66. The molecule has 0 saturated carbocycles. The van der Waals surface area contributed by atoms with Gasteiger partial charge in [-0.1, -0.05) is 30.4 Å². The van der Waals surface area contributed by atoms with Gasteiger partial charge in [-0.2, -0.15) is 0 Å². The lowest BCUT2D eigenvalue weighted by molar-refractivity contribution is -0.118. The number of rotatable bonds is 5. The van der Waals surface area contributed by atoms with Crippen LogP contribution in [0.2, 0.25) is 0 Å². The molecule has 130 valence electrons. The molecule has 0 aromatic heterocycles. The molecule has 1 aliphatic heterocycles. The monoisotopic (exact) mass is 354 g/mol. The molecule has 1 fully saturated rings. The van der Waals surface area contributed by atoms with Crippen LogP contribution in [-0.2, 0) is 4.79 Å². The van der Waals surface area contributed by atoms with Crippen molar-refractivity contribution < 1.29 is 9.53 Å². The third-order valence-electron chi connectivity index (χ3n) is 4.28. The van der Waals surface area contributed by atoms with Gasteiger partial charge in [-0.15, -0.1) is 0 Å². The molecule has 0 radical (unpaired) electrons. The molecule has 5 heteroatoms. The number of amides is 1. The number of thiocarbonyl (C=S) groups is 1. The molecule has 1 amide bonds. The van der Waals surface area contributed by atoms with Gasteiger partial charge in [-0.05, 0) is 55.7 Å². The van der Waals surface area contributed by atoms with Crippen LogP contribution in [0.15, 0.2) is 48.5 Å². The van der Waals surface area contributed by atoms with E-state index in [0.29, 0.717) is 5.75 Å². The Morgan fingerprint density at radius 1 is 1.12 bits per heavy atom. The average molecular weight is 354 g/mol. The molecule has 1 aliphatic rings. The number of carbonyl (C=O) groups is 1. The minimum absolute atomic E-state index is 0.0236. The maximum atomic E-state index is 12.0. The minimum atomic E-state index is -0.175. The number of anilines is 1. The quantitative estimate of drug-likeness (QED) is 0.830. The fourth-order valence-electron chi connectivity index (χ4n) is 2.84. The molecular formula is C20H22N2O2S. The van der Waals surface area contributed by atoms with Crippen molar-refractivity contribution in [1.29, 1.82) is 0 Å². The van der Waals surface area contributed by atoms with Gasteiger partial charge >= 0.3 is 0 Å². The number of likely N-dealkylation sites (tertiary alicyclic amines) is 1. The average Bonchev–Trinajstić information content (AvgIpc) is 3.16. The van der Waals surface area contributed by atoms with Crippen LogP contribution in [0.5, 0.6) is 5.75 Å². The van der Waals surface area contributed by atoms with E-state index in [1.54, 1.807) is 0 Å². The topological polar surface area (TPSA) is 41.6 Å². The lowest BCUT2D eigenvalue weighted by Gasteiger charge is -2.18. The summed E-state index contributed by atoms with van der Waals surface area (Å²) in [7, 11) is 0. The minimum Gasteiger partial charge on any atom is -0.484 e. The van der Waals surface area contributed by atoms with Crippen LogP contribution in [0.4, 0.5) is 5.69 Å². The van der Waals surface area contributed by atoms with Gasteiger partial charge in [-0.3, -0.25) is 4.79 Å². The van der Waals surface area contributed by atoms with Gasteiger partial charge in [0.15, 0.2) is 6.61 Å². The SMILES string of the molecule is Cc1ccccc1NC(=O)COc1ccc(C(=S)N2CCCC2)cc1. The zero-order valence-electron chi connectivity index (χ0n) is 14.3. The number of nitrogens with zero attached hydrogens (tertiary/aromatic N) is 1. The number of benzene rings is 2. The third-order valence-corrected chi connectivity index (χ3v) is 4.78. The van der Waals surface area contributed by atoms with Gasteiger partial charge in [0.25, 0.3) is 5.91 Å². The van der Waals surface area contributed by atoms with Gasteiger partial charge in [0.2, 0.25) is 0 Å². The Morgan fingerprint density at radius 2 is 1.80 bits per heavy atom. The second-order valence-corrected chi connectivity index (χ2v) is 6.56. The molecule has 0 bridgehead atoms. The maximum Gasteiger partial charge on any atom is 0.262 e. The Morgan fingerprint density at radius 3 is 2.48 bits per heavy atom. The maximum absolute atomic E-state index is 12.0. The molecule has 25 heavy (non-hydrogen) atoms. The molecule has 0 atom stereocenters. The van der Waals surface area contributed by atoms with Crippen LogP contribution in [0.25, 0.3) is 0 Å². The van der Waals surface area contributed by atoms with Gasteiger partial charge in [-0.25, -0.2) is 0 Å². The van der Waals surface area contributed by atoms with E-state index in [0.717, 1.165) is 34.9 Å². The van der Waals surface area contributed by atoms with Gasteiger partial charge in [0.05, 0.1) is 0 Å². The number of aryl methyl sites for hydroxylation is 1. The first-order valence-corrected chi connectivity index (χ1v) is 8.92. The van der Waals surface area contributed by atoms with E-state index < -0.39 is 0 Å². The zero-order valence-corrected chi connectivity index (χ0v) is 15.1. The largest absolute Gasteiger partial charge is 0.484 e. The number of hydrogen-bond donors (Lipinski definition) is 1. The predicted molar refractivity (Wildman–Crippen MR) is 104 cm³/mol. The Bertz CT molecular complexity index is 753. The molecule has 1 heterocycles. The number of ether oxygens (including phenoxy) is 1. The zero-order chi connectivity index (χ0) is 17.6. The first kappa shape index (κ1) is 17.4. The Balaban J connectivity index is 1.52. The molecular weight excluding hydrogens is 332 g/mol. The van der Waals surface area contributed by atoms with Crippen LogP contribution < -0.4 is 10.1 Å².